The predicted molar refractivity (Wildman–Crippen MR) is 90.8 cm³/mol. The van der Waals surface area contributed by atoms with Crippen LogP contribution in [-0.4, -0.2) is 24.2 Å². The Morgan fingerprint density at radius 1 is 1.45 bits per heavy atom. The molecule has 0 heterocycles. The molecule has 0 fully saturated rings. The lowest BCUT2D eigenvalue weighted by molar-refractivity contribution is 0.275. The van der Waals surface area contributed by atoms with Crippen LogP contribution in [0.25, 0.3) is 0 Å². The van der Waals surface area contributed by atoms with Gasteiger partial charge in [-0.15, -0.1) is 30.6 Å². The molecule has 0 aliphatic rings. The van der Waals surface area contributed by atoms with Gasteiger partial charge < -0.3 is 15.7 Å². The van der Waals surface area contributed by atoms with Crippen molar-refractivity contribution in [3.8, 4) is 0 Å². The van der Waals surface area contributed by atoms with Crippen LogP contribution in [0, 0.1) is 5.82 Å². The van der Waals surface area contributed by atoms with Crippen molar-refractivity contribution < 1.29 is 9.50 Å². The van der Waals surface area contributed by atoms with E-state index >= 15 is 0 Å². The van der Waals surface area contributed by atoms with E-state index in [1.807, 2.05) is 6.92 Å². The Kier molecular flexibility index (Phi) is 10.0. The highest BCUT2D eigenvalue weighted by Gasteiger charge is 2.02. The molecule has 0 aliphatic carbocycles. The number of rotatable bonds is 6. The fourth-order valence-corrected chi connectivity index (χ4v) is 1.53. The summed E-state index contributed by atoms with van der Waals surface area (Å²) < 4.78 is 13.2. The lowest BCUT2D eigenvalue weighted by Gasteiger charge is -2.09. The first-order valence-electron chi connectivity index (χ1n) is 6.22. The molecular weight excluding hydrogens is 372 g/mol. The Hall–Kier alpha value is -1.15. The summed E-state index contributed by atoms with van der Waals surface area (Å²) in [6.07, 6.45) is 1.74. The number of benzene rings is 1. The summed E-state index contributed by atoms with van der Waals surface area (Å²) >= 11 is 0. The van der Waals surface area contributed by atoms with Crippen molar-refractivity contribution in [2.45, 2.75) is 20.1 Å². The fourth-order valence-electron chi connectivity index (χ4n) is 1.53. The molecule has 0 aromatic heterocycles. The van der Waals surface area contributed by atoms with Gasteiger partial charge in [-0.25, -0.2) is 9.38 Å². The molecule has 20 heavy (non-hydrogen) atoms. The number of aliphatic hydroxyl groups is 1. The molecule has 6 heteroatoms. The summed E-state index contributed by atoms with van der Waals surface area (Å²) in [5.74, 6) is 0.282. The molecule has 0 atom stereocenters. The van der Waals surface area contributed by atoms with E-state index in [0.717, 1.165) is 12.1 Å². The van der Waals surface area contributed by atoms with Crippen LogP contribution in [0.2, 0.25) is 0 Å². The van der Waals surface area contributed by atoms with Crippen molar-refractivity contribution in [3.05, 3.63) is 47.8 Å². The van der Waals surface area contributed by atoms with E-state index < -0.39 is 5.82 Å². The summed E-state index contributed by atoms with van der Waals surface area (Å²) in [6, 6.07) is 4.63. The molecule has 3 N–H and O–H groups in total. The number of guanidine groups is 1. The van der Waals surface area contributed by atoms with Gasteiger partial charge >= 0.3 is 0 Å². The third kappa shape index (κ3) is 6.33. The van der Waals surface area contributed by atoms with Crippen LogP contribution < -0.4 is 10.6 Å². The summed E-state index contributed by atoms with van der Waals surface area (Å²) in [6.45, 7) is 7.10. The number of hydrogen-bond acceptors (Lipinski definition) is 2. The molecule has 0 amide bonds. The van der Waals surface area contributed by atoms with E-state index in [4.69, 9.17) is 5.11 Å². The van der Waals surface area contributed by atoms with Gasteiger partial charge in [0.15, 0.2) is 5.96 Å². The lowest BCUT2D eigenvalue weighted by Crippen LogP contribution is -2.37. The summed E-state index contributed by atoms with van der Waals surface area (Å²) in [4.78, 5) is 4.37. The van der Waals surface area contributed by atoms with Crippen molar-refractivity contribution in [1.29, 1.82) is 0 Å². The first kappa shape index (κ1) is 18.9. The van der Waals surface area contributed by atoms with E-state index in [0.29, 0.717) is 19.0 Å². The highest BCUT2D eigenvalue weighted by atomic mass is 127. The van der Waals surface area contributed by atoms with Crippen LogP contribution in [0.3, 0.4) is 0 Å². The molecule has 4 nitrogen and oxygen atoms in total. The normalized spacial score (nSPS) is 10.7. The van der Waals surface area contributed by atoms with Crippen LogP contribution in [-0.2, 0) is 13.2 Å². The SMILES string of the molecule is C=CCNC(=NCc1ccc(F)c(CO)c1)NCC.I. The topological polar surface area (TPSA) is 56.7 Å². The molecule has 1 rings (SSSR count). The third-order valence-corrected chi connectivity index (χ3v) is 2.46. The molecule has 1 aromatic carbocycles. The van der Waals surface area contributed by atoms with Gasteiger partial charge in [-0.05, 0) is 24.6 Å². The smallest absolute Gasteiger partial charge is 0.191 e. The Labute approximate surface area is 136 Å². The standard InChI is InChI=1S/C14H20FN3O.HI/c1-3-7-17-14(16-4-2)18-9-11-5-6-13(15)12(8-11)10-19;/h3,5-6,8,19H,1,4,7,9-10H2,2H3,(H2,16,17,18);1H. The van der Waals surface area contributed by atoms with Gasteiger partial charge in [0.25, 0.3) is 0 Å². The molecular formula is C14H21FIN3O. The zero-order valence-electron chi connectivity index (χ0n) is 11.5. The van der Waals surface area contributed by atoms with E-state index in [9.17, 15) is 4.39 Å². The number of nitrogens with zero attached hydrogens (tertiary/aromatic N) is 1. The highest BCUT2D eigenvalue weighted by Crippen LogP contribution is 2.11. The molecule has 0 saturated carbocycles. The van der Waals surface area contributed by atoms with Gasteiger partial charge in [-0.2, -0.15) is 0 Å². The lowest BCUT2D eigenvalue weighted by atomic mass is 10.1. The minimum Gasteiger partial charge on any atom is -0.392 e. The second-order valence-corrected chi connectivity index (χ2v) is 3.95. The van der Waals surface area contributed by atoms with Crippen LogP contribution in [0.5, 0.6) is 0 Å². The average Bonchev–Trinajstić information content (AvgIpc) is 2.43. The zero-order chi connectivity index (χ0) is 14.1. The van der Waals surface area contributed by atoms with Crippen molar-refractivity contribution in [1.82, 2.24) is 10.6 Å². The van der Waals surface area contributed by atoms with Gasteiger partial charge in [0.1, 0.15) is 5.82 Å². The van der Waals surface area contributed by atoms with Gasteiger partial charge in [0, 0.05) is 18.7 Å². The first-order valence-corrected chi connectivity index (χ1v) is 6.22. The maximum Gasteiger partial charge on any atom is 0.191 e. The first-order chi connectivity index (χ1) is 9.21. The maximum absolute atomic E-state index is 13.2. The molecule has 0 bridgehead atoms. The summed E-state index contributed by atoms with van der Waals surface area (Å²) in [5, 5.41) is 15.2. The molecule has 0 spiro atoms. The quantitative estimate of drug-likeness (QED) is 0.301. The Bertz CT molecular complexity index is 452. The van der Waals surface area contributed by atoms with E-state index in [1.165, 1.54) is 6.07 Å². The predicted octanol–water partition coefficient (Wildman–Crippen LogP) is 2.18. The molecule has 112 valence electrons. The van der Waals surface area contributed by atoms with Crippen molar-refractivity contribution in [2.24, 2.45) is 4.99 Å². The van der Waals surface area contributed by atoms with Crippen LogP contribution >= 0.6 is 24.0 Å². The van der Waals surface area contributed by atoms with Crippen LogP contribution in [0.15, 0.2) is 35.8 Å². The van der Waals surface area contributed by atoms with Crippen molar-refractivity contribution >= 4 is 29.9 Å². The summed E-state index contributed by atoms with van der Waals surface area (Å²) in [5.41, 5.74) is 1.14. The third-order valence-electron chi connectivity index (χ3n) is 2.46. The molecule has 0 radical (unpaired) electrons. The van der Waals surface area contributed by atoms with Gasteiger partial charge in [0.2, 0.25) is 0 Å². The molecule has 1 aromatic rings. The molecule has 0 unspecified atom stereocenters. The highest BCUT2D eigenvalue weighted by molar-refractivity contribution is 14.0. The van der Waals surface area contributed by atoms with Gasteiger partial charge in [-0.1, -0.05) is 12.1 Å². The number of aliphatic hydroxyl groups excluding tert-OH is 1. The van der Waals surface area contributed by atoms with Crippen LogP contribution in [0.4, 0.5) is 4.39 Å². The van der Waals surface area contributed by atoms with Gasteiger partial charge in [-0.3, -0.25) is 0 Å². The second kappa shape index (κ2) is 10.6. The van der Waals surface area contributed by atoms with E-state index in [-0.39, 0.29) is 36.1 Å². The Balaban J connectivity index is 0.00000361. The number of hydrogen-bond donors (Lipinski definition) is 3. The largest absolute Gasteiger partial charge is 0.392 e. The number of aliphatic imine (C=N–C) groups is 1. The van der Waals surface area contributed by atoms with Crippen molar-refractivity contribution in [3.63, 3.8) is 0 Å². The fraction of sp³-hybridized carbons (Fsp3) is 0.357. The zero-order valence-corrected chi connectivity index (χ0v) is 13.9. The van der Waals surface area contributed by atoms with E-state index in [2.05, 4.69) is 22.2 Å². The Morgan fingerprint density at radius 3 is 2.80 bits per heavy atom. The minimum absolute atomic E-state index is 0. The Morgan fingerprint density at radius 2 is 2.20 bits per heavy atom. The molecule has 0 aliphatic heterocycles. The maximum atomic E-state index is 13.2. The molecule has 0 saturated heterocycles. The average molecular weight is 393 g/mol. The number of halogens is 2. The minimum atomic E-state index is -0.396. The van der Waals surface area contributed by atoms with Crippen molar-refractivity contribution in [2.75, 3.05) is 13.1 Å². The van der Waals surface area contributed by atoms with Gasteiger partial charge in [0.05, 0.1) is 13.2 Å². The number of nitrogens with one attached hydrogen (secondary N) is 2. The summed E-state index contributed by atoms with van der Waals surface area (Å²) in [7, 11) is 0. The van der Waals surface area contributed by atoms with E-state index in [1.54, 1.807) is 18.2 Å². The van der Waals surface area contributed by atoms with Crippen LogP contribution in [0.1, 0.15) is 18.1 Å². The monoisotopic (exact) mass is 393 g/mol. The second-order valence-electron chi connectivity index (χ2n) is 3.95.